The number of aliphatic hydroxyl groups excluding tert-OH is 1. The van der Waals surface area contributed by atoms with E-state index in [1.54, 1.807) is 19.1 Å². The number of hydrogen-bond acceptors (Lipinski definition) is 3. The average molecular weight is 186 g/mol. The standard InChI is InChI=1S/C9H14O4/c1-2-8(9(11)12)13-7-4-3-6(10)5-7/h3-4,6-8,10H,2,5H2,1H3,(H,11,12)/t6-,7+,8?/m1/s1. The lowest BCUT2D eigenvalue weighted by atomic mass is 10.2. The van der Waals surface area contributed by atoms with E-state index in [9.17, 15) is 4.79 Å². The minimum Gasteiger partial charge on any atom is -0.479 e. The molecule has 0 saturated carbocycles. The zero-order valence-electron chi connectivity index (χ0n) is 7.51. The third-order valence-electron chi connectivity index (χ3n) is 2.01. The predicted molar refractivity (Wildman–Crippen MR) is 46.4 cm³/mol. The van der Waals surface area contributed by atoms with Gasteiger partial charge in [0.1, 0.15) is 0 Å². The van der Waals surface area contributed by atoms with Gasteiger partial charge in [-0.3, -0.25) is 0 Å². The summed E-state index contributed by atoms with van der Waals surface area (Å²) in [5.41, 5.74) is 0. The summed E-state index contributed by atoms with van der Waals surface area (Å²) >= 11 is 0. The molecule has 3 atom stereocenters. The summed E-state index contributed by atoms with van der Waals surface area (Å²) in [7, 11) is 0. The molecule has 4 heteroatoms. The Hall–Kier alpha value is -0.870. The lowest BCUT2D eigenvalue weighted by Gasteiger charge is -2.16. The Balaban J connectivity index is 2.39. The van der Waals surface area contributed by atoms with Crippen molar-refractivity contribution in [3.8, 4) is 0 Å². The van der Waals surface area contributed by atoms with Gasteiger partial charge in [-0.25, -0.2) is 4.79 Å². The minimum atomic E-state index is -0.947. The van der Waals surface area contributed by atoms with Crippen molar-refractivity contribution in [1.29, 1.82) is 0 Å². The molecule has 0 spiro atoms. The van der Waals surface area contributed by atoms with Crippen molar-refractivity contribution >= 4 is 5.97 Å². The van der Waals surface area contributed by atoms with Crippen LogP contribution in [0.1, 0.15) is 19.8 Å². The third kappa shape index (κ3) is 2.82. The molecule has 1 aliphatic carbocycles. The first kappa shape index (κ1) is 10.2. The van der Waals surface area contributed by atoms with E-state index in [-0.39, 0.29) is 6.10 Å². The molecule has 2 N–H and O–H groups in total. The van der Waals surface area contributed by atoms with Gasteiger partial charge in [0.05, 0.1) is 12.2 Å². The van der Waals surface area contributed by atoms with Crippen molar-refractivity contribution < 1.29 is 19.7 Å². The van der Waals surface area contributed by atoms with Crippen LogP contribution in [0.3, 0.4) is 0 Å². The molecule has 74 valence electrons. The fraction of sp³-hybridized carbons (Fsp3) is 0.667. The second-order valence-electron chi connectivity index (χ2n) is 3.10. The van der Waals surface area contributed by atoms with Crippen LogP contribution in [-0.4, -0.2) is 34.5 Å². The molecule has 0 radical (unpaired) electrons. The van der Waals surface area contributed by atoms with Crippen molar-refractivity contribution in [3.63, 3.8) is 0 Å². The Bertz CT molecular complexity index is 212. The molecule has 0 bridgehead atoms. The zero-order valence-corrected chi connectivity index (χ0v) is 7.51. The maximum Gasteiger partial charge on any atom is 0.332 e. The van der Waals surface area contributed by atoms with Gasteiger partial charge in [-0.05, 0) is 6.42 Å². The van der Waals surface area contributed by atoms with Crippen molar-refractivity contribution in [2.45, 2.75) is 38.1 Å². The Kier molecular flexibility index (Phi) is 3.45. The minimum absolute atomic E-state index is 0.254. The highest BCUT2D eigenvalue weighted by atomic mass is 16.5. The summed E-state index contributed by atoms with van der Waals surface area (Å²) in [6, 6.07) is 0. The van der Waals surface area contributed by atoms with Crippen molar-refractivity contribution in [1.82, 2.24) is 0 Å². The molecule has 1 aliphatic rings. The van der Waals surface area contributed by atoms with E-state index in [1.165, 1.54) is 0 Å². The largest absolute Gasteiger partial charge is 0.479 e. The average Bonchev–Trinajstić information content (AvgIpc) is 2.46. The molecule has 1 unspecified atom stereocenters. The number of rotatable bonds is 4. The van der Waals surface area contributed by atoms with Crippen molar-refractivity contribution in [2.24, 2.45) is 0 Å². The quantitative estimate of drug-likeness (QED) is 0.629. The van der Waals surface area contributed by atoms with Crippen LogP contribution in [0.5, 0.6) is 0 Å². The highest BCUT2D eigenvalue weighted by Crippen LogP contribution is 2.16. The number of aliphatic hydroxyl groups is 1. The summed E-state index contributed by atoms with van der Waals surface area (Å²) < 4.78 is 5.25. The van der Waals surface area contributed by atoms with Gasteiger partial charge in [0.2, 0.25) is 0 Å². The van der Waals surface area contributed by atoms with Gasteiger partial charge in [-0.2, -0.15) is 0 Å². The van der Waals surface area contributed by atoms with Gasteiger partial charge in [0, 0.05) is 6.42 Å². The molecule has 13 heavy (non-hydrogen) atoms. The highest BCUT2D eigenvalue weighted by molar-refractivity contribution is 5.72. The van der Waals surface area contributed by atoms with Gasteiger partial charge in [0.15, 0.2) is 6.10 Å². The van der Waals surface area contributed by atoms with Crippen LogP contribution in [0.2, 0.25) is 0 Å². The molecule has 4 nitrogen and oxygen atoms in total. The topological polar surface area (TPSA) is 66.8 Å². The van der Waals surface area contributed by atoms with E-state index in [4.69, 9.17) is 14.9 Å². The van der Waals surface area contributed by atoms with Crippen LogP contribution in [0.25, 0.3) is 0 Å². The Labute approximate surface area is 76.8 Å². The van der Waals surface area contributed by atoms with E-state index in [0.29, 0.717) is 12.8 Å². The number of carboxylic acids is 1. The van der Waals surface area contributed by atoms with E-state index >= 15 is 0 Å². The monoisotopic (exact) mass is 186 g/mol. The maximum atomic E-state index is 10.6. The van der Waals surface area contributed by atoms with Crippen LogP contribution >= 0.6 is 0 Å². The molecule has 0 aromatic heterocycles. The first-order valence-electron chi connectivity index (χ1n) is 4.38. The van der Waals surface area contributed by atoms with E-state index < -0.39 is 18.2 Å². The number of hydrogen-bond donors (Lipinski definition) is 2. The van der Waals surface area contributed by atoms with Gasteiger partial charge >= 0.3 is 5.97 Å². The summed E-state index contributed by atoms with van der Waals surface area (Å²) in [5, 5.41) is 17.8. The first-order valence-corrected chi connectivity index (χ1v) is 4.38. The number of carboxylic acid groups (broad SMARTS) is 1. The van der Waals surface area contributed by atoms with Gasteiger partial charge in [-0.15, -0.1) is 0 Å². The van der Waals surface area contributed by atoms with Crippen LogP contribution < -0.4 is 0 Å². The first-order chi connectivity index (χ1) is 6.13. The number of aliphatic carboxylic acids is 1. The van der Waals surface area contributed by atoms with Crippen LogP contribution in [0, 0.1) is 0 Å². The maximum absolute atomic E-state index is 10.6. The van der Waals surface area contributed by atoms with Gasteiger partial charge in [0.25, 0.3) is 0 Å². The predicted octanol–water partition coefficient (Wildman–Crippen LogP) is 0.556. The van der Waals surface area contributed by atoms with Crippen molar-refractivity contribution in [3.05, 3.63) is 12.2 Å². The van der Waals surface area contributed by atoms with Gasteiger partial charge in [-0.1, -0.05) is 19.1 Å². The molecule has 0 amide bonds. The number of carbonyl (C=O) groups is 1. The smallest absolute Gasteiger partial charge is 0.332 e. The van der Waals surface area contributed by atoms with E-state index in [2.05, 4.69) is 0 Å². The van der Waals surface area contributed by atoms with Crippen molar-refractivity contribution in [2.75, 3.05) is 0 Å². The van der Waals surface area contributed by atoms with E-state index in [1.807, 2.05) is 0 Å². The normalized spacial score (nSPS) is 29.1. The molecule has 0 aromatic rings. The number of ether oxygens (including phenoxy) is 1. The van der Waals surface area contributed by atoms with Crippen LogP contribution in [-0.2, 0) is 9.53 Å². The summed E-state index contributed by atoms with van der Waals surface area (Å²) in [6.07, 6.45) is 2.72. The summed E-state index contributed by atoms with van der Waals surface area (Å²) in [6.45, 7) is 1.76. The summed E-state index contributed by atoms with van der Waals surface area (Å²) in [4.78, 5) is 10.6. The third-order valence-corrected chi connectivity index (χ3v) is 2.01. The Morgan fingerprint density at radius 1 is 1.69 bits per heavy atom. The molecule has 0 aliphatic heterocycles. The molecular weight excluding hydrogens is 172 g/mol. The molecular formula is C9H14O4. The SMILES string of the molecule is CCC(O[C@H]1C=C[C@@H](O)C1)C(=O)O. The second-order valence-corrected chi connectivity index (χ2v) is 3.10. The Morgan fingerprint density at radius 2 is 2.38 bits per heavy atom. The fourth-order valence-corrected chi connectivity index (χ4v) is 1.29. The second kappa shape index (κ2) is 4.39. The molecule has 0 heterocycles. The lowest BCUT2D eigenvalue weighted by molar-refractivity contribution is -0.153. The molecule has 0 fully saturated rings. The fourth-order valence-electron chi connectivity index (χ4n) is 1.29. The van der Waals surface area contributed by atoms with E-state index in [0.717, 1.165) is 0 Å². The summed E-state index contributed by atoms with van der Waals surface area (Å²) in [5.74, 6) is -0.947. The molecule has 1 rings (SSSR count). The van der Waals surface area contributed by atoms with Crippen LogP contribution in [0.15, 0.2) is 12.2 Å². The zero-order chi connectivity index (χ0) is 9.84. The van der Waals surface area contributed by atoms with Crippen LogP contribution in [0.4, 0.5) is 0 Å². The highest BCUT2D eigenvalue weighted by Gasteiger charge is 2.23. The molecule has 0 saturated heterocycles. The lowest BCUT2D eigenvalue weighted by Crippen LogP contribution is -2.27. The molecule has 0 aromatic carbocycles. The Morgan fingerprint density at radius 3 is 2.77 bits per heavy atom. The van der Waals surface area contributed by atoms with Gasteiger partial charge < -0.3 is 14.9 Å².